The largest absolute Gasteiger partial charge is 0.494 e. The Morgan fingerprint density at radius 1 is 1.08 bits per heavy atom. The third-order valence-corrected chi connectivity index (χ3v) is 9.12. The number of rotatable bonds is 13. The highest BCUT2D eigenvalue weighted by Crippen LogP contribution is 2.27. The molecule has 0 aliphatic carbocycles. The van der Waals surface area contributed by atoms with E-state index in [1.165, 1.54) is 41.7 Å². The van der Waals surface area contributed by atoms with E-state index < -0.39 is 22.5 Å². The molecular formula is C26H28ClFN2O4S3. The van der Waals surface area contributed by atoms with Crippen molar-refractivity contribution in [1.82, 2.24) is 5.32 Å². The fourth-order valence-electron chi connectivity index (χ4n) is 3.36. The predicted octanol–water partition coefficient (Wildman–Crippen LogP) is 5.84. The van der Waals surface area contributed by atoms with Gasteiger partial charge in [-0.05, 0) is 73.8 Å². The first-order valence-corrected chi connectivity index (χ1v) is 15.6. The van der Waals surface area contributed by atoms with Crippen LogP contribution in [0, 0.1) is 5.82 Å². The molecule has 3 aromatic rings. The number of carbonyl (C=O) groups is 1. The van der Waals surface area contributed by atoms with Gasteiger partial charge in [0.05, 0.1) is 17.2 Å². The molecule has 6 nitrogen and oxygen atoms in total. The molecule has 0 aromatic heterocycles. The quantitative estimate of drug-likeness (QED) is 0.201. The maximum absolute atomic E-state index is 13.9. The van der Waals surface area contributed by atoms with Crippen molar-refractivity contribution in [2.24, 2.45) is 0 Å². The topological polar surface area (TPSA) is 75.7 Å². The van der Waals surface area contributed by atoms with E-state index in [0.29, 0.717) is 40.1 Å². The van der Waals surface area contributed by atoms with Crippen LogP contribution in [0.15, 0.2) is 76.5 Å². The summed E-state index contributed by atoms with van der Waals surface area (Å²) in [5, 5.41) is 3.11. The predicted molar refractivity (Wildman–Crippen MR) is 151 cm³/mol. The van der Waals surface area contributed by atoms with E-state index in [2.05, 4.69) is 5.32 Å². The van der Waals surface area contributed by atoms with Gasteiger partial charge >= 0.3 is 0 Å². The molecule has 0 aliphatic rings. The van der Waals surface area contributed by atoms with Gasteiger partial charge in [-0.3, -0.25) is 9.10 Å². The molecule has 3 aromatic carbocycles. The number of sulfonamides is 1. The average molecular weight is 583 g/mol. The molecule has 0 saturated carbocycles. The van der Waals surface area contributed by atoms with Gasteiger partial charge in [-0.2, -0.15) is 11.8 Å². The first-order chi connectivity index (χ1) is 17.8. The monoisotopic (exact) mass is 582 g/mol. The first kappa shape index (κ1) is 29.2. The molecule has 0 spiro atoms. The van der Waals surface area contributed by atoms with E-state index >= 15 is 0 Å². The molecule has 1 N–H and O–H groups in total. The molecule has 0 aliphatic heterocycles. The number of hydrogen-bond acceptors (Lipinski definition) is 6. The lowest BCUT2D eigenvalue weighted by Gasteiger charge is -2.24. The summed E-state index contributed by atoms with van der Waals surface area (Å²) in [6.07, 6.45) is 1.91. The number of ether oxygens (including phenoxy) is 1. The number of nitrogens with zero attached hydrogens (tertiary/aromatic N) is 1. The number of hydrogen-bond donors (Lipinski definition) is 1. The minimum atomic E-state index is -4.02. The lowest BCUT2D eigenvalue weighted by molar-refractivity contribution is -0.119. The van der Waals surface area contributed by atoms with Crippen LogP contribution in [0.2, 0.25) is 5.02 Å². The molecular weight excluding hydrogens is 555 g/mol. The molecule has 3 rings (SSSR count). The third kappa shape index (κ3) is 8.04. The van der Waals surface area contributed by atoms with Gasteiger partial charge in [-0.15, -0.1) is 11.8 Å². The van der Waals surface area contributed by atoms with Crippen LogP contribution < -0.4 is 14.4 Å². The molecule has 0 radical (unpaired) electrons. The lowest BCUT2D eigenvalue weighted by atomic mass is 10.2. The van der Waals surface area contributed by atoms with E-state index in [9.17, 15) is 17.6 Å². The molecule has 198 valence electrons. The van der Waals surface area contributed by atoms with E-state index in [1.807, 2.05) is 13.2 Å². The second-order valence-electron chi connectivity index (χ2n) is 7.72. The van der Waals surface area contributed by atoms with Crippen molar-refractivity contribution in [3.8, 4) is 5.75 Å². The lowest BCUT2D eigenvalue weighted by Crippen LogP contribution is -2.41. The van der Waals surface area contributed by atoms with Gasteiger partial charge in [0.25, 0.3) is 10.0 Å². The molecule has 0 bridgehead atoms. The second kappa shape index (κ2) is 13.9. The molecule has 0 unspecified atom stereocenters. The normalized spacial score (nSPS) is 11.2. The van der Waals surface area contributed by atoms with Crippen molar-refractivity contribution in [3.63, 3.8) is 0 Å². The van der Waals surface area contributed by atoms with Crippen LogP contribution in [0.3, 0.4) is 0 Å². The molecule has 1 amide bonds. The fourth-order valence-corrected chi connectivity index (χ4v) is 6.39. The summed E-state index contributed by atoms with van der Waals surface area (Å²) in [6.45, 7) is 2.22. The molecule has 0 saturated heterocycles. The van der Waals surface area contributed by atoms with Crippen LogP contribution in [0.4, 0.5) is 10.1 Å². The molecule has 0 atom stereocenters. The van der Waals surface area contributed by atoms with Crippen molar-refractivity contribution in [1.29, 1.82) is 0 Å². The summed E-state index contributed by atoms with van der Waals surface area (Å²) in [5.74, 6) is 0.639. The Labute approximate surface area is 231 Å². The van der Waals surface area contributed by atoms with Gasteiger partial charge in [0.15, 0.2) is 0 Å². The van der Waals surface area contributed by atoms with Gasteiger partial charge in [-0.25, -0.2) is 12.8 Å². The Morgan fingerprint density at radius 3 is 2.41 bits per heavy atom. The average Bonchev–Trinajstić information content (AvgIpc) is 2.89. The summed E-state index contributed by atoms with van der Waals surface area (Å²) in [7, 11) is -4.02. The number of nitrogens with one attached hydrogen (secondary N) is 1. The summed E-state index contributed by atoms with van der Waals surface area (Å²) in [6, 6.07) is 17.6. The number of anilines is 1. The smallest absolute Gasteiger partial charge is 0.264 e. The van der Waals surface area contributed by atoms with Crippen molar-refractivity contribution in [2.75, 3.05) is 36.0 Å². The fraction of sp³-hybridized carbons (Fsp3) is 0.269. The highest BCUT2D eigenvalue weighted by molar-refractivity contribution is 7.98. The highest BCUT2D eigenvalue weighted by atomic mass is 35.5. The highest BCUT2D eigenvalue weighted by Gasteiger charge is 2.27. The molecule has 37 heavy (non-hydrogen) atoms. The third-order valence-electron chi connectivity index (χ3n) is 5.25. The van der Waals surface area contributed by atoms with Gasteiger partial charge in [0.1, 0.15) is 18.1 Å². The molecule has 11 heteroatoms. The maximum atomic E-state index is 13.9. The second-order valence-corrected chi connectivity index (χ2v) is 12.0. The Morgan fingerprint density at radius 2 is 1.78 bits per heavy atom. The van der Waals surface area contributed by atoms with Gasteiger partial charge in [0, 0.05) is 33.5 Å². The Balaban J connectivity index is 1.68. The van der Waals surface area contributed by atoms with Crippen LogP contribution in [0.1, 0.15) is 12.5 Å². The summed E-state index contributed by atoms with van der Waals surface area (Å²) in [4.78, 5) is 13.8. The Hall–Kier alpha value is -2.40. The number of halogens is 2. The molecule has 0 fully saturated rings. The van der Waals surface area contributed by atoms with Crippen LogP contribution in [-0.4, -0.2) is 46.0 Å². The zero-order chi connectivity index (χ0) is 26.8. The first-order valence-electron chi connectivity index (χ1n) is 11.4. The molecule has 0 heterocycles. The van der Waals surface area contributed by atoms with Gasteiger partial charge in [0.2, 0.25) is 5.91 Å². The maximum Gasteiger partial charge on any atom is 0.264 e. The van der Waals surface area contributed by atoms with Crippen LogP contribution in [0.5, 0.6) is 5.75 Å². The van der Waals surface area contributed by atoms with E-state index in [-0.39, 0.29) is 17.3 Å². The number of benzene rings is 3. The van der Waals surface area contributed by atoms with Gasteiger partial charge < -0.3 is 10.1 Å². The van der Waals surface area contributed by atoms with Crippen molar-refractivity contribution in [2.45, 2.75) is 22.5 Å². The Kier molecular flexibility index (Phi) is 11.0. The standard InChI is InChI=1S/C26H28ClFN2O4S3/c1-3-34-20-9-7-19(8-10-20)30(37(32,33)22-13-11-21(35-2)12-14-22)17-26(31)29-15-16-36-18-23-24(27)5-4-6-25(23)28/h4-14H,3,15-18H2,1-2H3,(H,29,31). The number of amides is 1. The van der Waals surface area contributed by atoms with Crippen molar-refractivity contribution < 1.29 is 22.3 Å². The minimum absolute atomic E-state index is 0.0873. The number of thioether (sulfide) groups is 2. The zero-order valence-electron chi connectivity index (χ0n) is 20.4. The zero-order valence-corrected chi connectivity index (χ0v) is 23.7. The summed E-state index contributed by atoms with van der Waals surface area (Å²) >= 11 is 8.97. The van der Waals surface area contributed by atoms with E-state index in [4.69, 9.17) is 16.3 Å². The number of carbonyl (C=O) groups excluding carboxylic acids is 1. The Bertz CT molecular complexity index is 1270. The minimum Gasteiger partial charge on any atom is -0.494 e. The van der Waals surface area contributed by atoms with Gasteiger partial charge in [-0.1, -0.05) is 17.7 Å². The van der Waals surface area contributed by atoms with Crippen LogP contribution >= 0.6 is 35.1 Å². The summed E-state index contributed by atoms with van der Waals surface area (Å²) < 4.78 is 47.5. The van der Waals surface area contributed by atoms with E-state index in [1.54, 1.807) is 48.5 Å². The van der Waals surface area contributed by atoms with Crippen LogP contribution in [-0.2, 0) is 20.6 Å². The van der Waals surface area contributed by atoms with Crippen LogP contribution in [0.25, 0.3) is 0 Å². The SMILES string of the molecule is CCOc1ccc(N(CC(=O)NCCSCc2c(F)cccc2Cl)S(=O)(=O)c2ccc(SC)cc2)cc1. The van der Waals surface area contributed by atoms with Crippen molar-refractivity contribution in [3.05, 3.63) is 83.1 Å². The van der Waals surface area contributed by atoms with Crippen molar-refractivity contribution >= 4 is 56.7 Å². The van der Waals surface area contributed by atoms with E-state index in [0.717, 1.165) is 9.20 Å². The summed E-state index contributed by atoms with van der Waals surface area (Å²) in [5.41, 5.74) is 0.761.